The third kappa shape index (κ3) is 3.27. The maximum absolute atomic E-state index is 10.6. The average Bonchev–Trinajstić information content (AvgIpc) is 3.60. The second-order valence-electron chi connectivity index (χ2n) is 11.4. The van der Waals surface area contributed by atoms with Crippen molar-refractivity contribution in [3.05, 3.63) is 132 Å². The molecule has 3 heterocycles. The summed E-state index contributed by atoms with van der Waals surface area (Å²) in [5.74, 6) is 0.355. The molecule has 1 aliphatic heterocycles. The Kier molecular flexibility index (Phi) is 5.15. The molecule has 0 saturated heterocycles. The highest BCUT2D eigenvalue weighted by Crippen LogP contribution is 2.48. The van der Waals surface area contributed by atoms with Crippen LogP contribution >= 0.6 is 0 Å². The van der Waals surface area contributed by atoms with E-state index in [2.05, 4.69) is 88.0 Å². The molecule has 5 nitrogen and oxygen atoms in total. The smallest absolute Gasteiger partial charge is 0.137 e. The topological polar surface area (TPSA) is 66.7 Å². The van der Waals surface area contributed by atoms with E-state index < -0.39 is 5.92 Å². The van der Waals surface area contributed by atoms with Gasteiger partial charge in [-0.3, -0.25) is 0 Å². The van der Waals surface area contributed by atoms with Crippen molar-refractivity contribution in [3.8, 4) is 29.0 Å². The molecule has 5 heteroatoms. The molecule has 0 spiro atoms. The number of nitrogens with zero attached hydrogens (tertiary/aromatic N) is 4. The van der Waals surface area contributed by atoms with Gasteiger partial charge in [-0.1, -0.05) is 78.9 Å². The van der Waals surface area contributed by atoms with Gasteiger partial charge in [0.15, 0.2) is 0 Å². The maximum Gasteiger partial charge on any atom is 0.137 e. The molecule has 9 rings (SSSR count). The molecule has 2 aliphatic rings. The number of fused-ring (bicyclic) bond motifs is 10. The minimum atomic E-state index is -0.502. The number of hydrogen-bond acceptors (Lipinski definition) is 3. The van der Waals surface area contributed by atoms with E-state index in [9.17, 15) is 10.5 Å². The summed E-state index contributed by atoms with van der Waals surface area (Å²) >= 11 is 0. The number of para-hydroxylation sites is 3. The van der Waals surface area contributed by atoms with E-state index in [0.717, 1.165) is 60.6 Å². The van der Waals surface area contributed by atoms with Crippen molar-refractivity contribution in [2.45, 2.75) is 12.6 Å². The minimum Gasteiger partial charge on any atom is -0.487 e. The lowest BCUT2D eigenvalue weighted by molar-refractivity contribution is 0.306. The van der Waals surface area contributed by atoms with Crippen LogP contribution in [-0.2, 0) is 6.61 Å². The summed E-state index contributed by atoms with van der Waals surface area (Å²) in [7, 11) is 0. The molecule has 44 heavy (non-hydrogen) atoms. The molecule has 2 atom stereocenters. The summed E-state index contributed by atoms with van der Waals surface area (Å²) < 4.78 is 10.8. The predicted molar refractivity (Wildman–Crippen MR) is 175 cm³/mol. The van der Waals surface area contributed by atoms with Gasteiger partial charge in [-0.2, -0.15) is 10.5 Å². The highest BCUT2D eigenvalue weighted by Gasteiger charge is 2.32. The zero-order chi connectivity index (χ0) is 29.4. The number of benzene rings is 5. The van der Waals surface area contributed by atoms with Gasteiger partial charge in [-0.25, -0.2) is 0 Å². The first kappa shape index (κ1) is 24.5. The first-order valence-corrected chi connectivity index (χ1v) is 14.8. The zero-order valence-electron chi connectivity index (χ0n) is 23.6. The Morgan fingerprint density at radius 2 is 1.30 bits per heavy atom. The van der Waals surface area contributed by atoms with Crippen LogP contribution in [0.15, 0.2) is 127 Å². The van der Waals surface area contributed by atoms with E-state index in [0.29, 0.717) is 12.2 Å². The molecule has 0 radical (unpaired) electrons. The molecule has 2 aromatic heterocycles. The second-order valence-corrected chi connectivity index (χ2v) is 11.4. The molecule has 7 aromatic rings. The average molecular weight is 565 g/mol. The van der Waals surface area contributed by atoms with E-state index in [-0.39, 0.29) is 6.04 Å². The molecule has 0 saturated carbocycles. The molecule has 206 valence electrons. The van der Waals surface area contributed by atoms with Crippen molar-refractivity contribution in [3.63, 3.8) is 0 Å². The summed E-state index contributed by atoms with van der Waals surface area (Å²) in [5, 5.41) is 25.6. The van der Waals surface area contributed by atoms with Crippen LogP contribution in [0.3, 0.4) is 0 Å². The van der Waals surface area contributed by atoms with Crippen LogP contribution in [0.5, 0.6) is 5.75 Å². The van der Waals surface area contributed by atoms with Gasteiger partial charge in [0.25, 0.3) is 0 Å². The molecule has 0 amide bonds. The molecule has 0 fully saturated rings. The lowest BCUT2D eigenvalue weighted by atomic mass is 9.90. The van der Waals surface area contributed by atoms with Gasteiger partial charge in [0.1, 0.15) is 18.4 Å². The molecular weight excluding hydrogens is 540 g/mol. The molecular formula is C39H24N4O. The summed E-state index contributed by atoms with van der Waals surface area (Å²) in [6, 6.07) is 42.1. The fourth-order valence-corrected chi connectivity index (χ4v) is 7.34. The minimum absolute atomic E-state index is 0.344. The number of hydrogen-bond donors (Lipinski definition) is 0. The third-order valence-corrected chi connectivity index (χ3v) is 9.22. The number of aromatic nitrogens is 2. The monoisotopic (exact) mass is 564 g/mol. The largest absolute Gasteiger partial charge is 0.487 e. The normalized spacial score (nSPS) is 17.4. The van der Waals surface area contributed by atoms with Gasteiger partial charge in [0.2, 0.25) is 0 Å². The van der Waals surface area contributed by atoms with Crippen molar-refractivity contribution < 1.29 is 4.74 Å². The van der Waals surface area contributed by atoms with Crippen LogP contribution in [-0.4, -0.2) is 9.13 Å². The standard InChI is InChI=1S/C39H24N4O/c40-21-25-20-37(26(22-41)19-36(25)42-32-14-6-3-11-28(32)29-12-4-7-15-33(29)42)43-34-16-8-5-13-31(34)38-35(43)18-17-30-27-10-2-1-9-24(27)23-44-39(30)38/h1-20,25,36H,23H2. The van der Waals surface area contributed by atoms with Gasteiger partial charge in [0, 0.05) is 32.8 Å². The predicted octanol–water partition coefficient (Wildman–Crippen LogP) is 9.15. The fourth-order valence-electron chi connectivity index (χ4n) is 7.34. The van der Waals surface area contributed by atoms with E-state index in [1.165, 1.54) is 11.1 Å². The van der Waals surface area contributed by atoms with E-state index in [1.54, 1.807) is 0 Å². The van der Waals surface area contributed by atoms with Gasteiger partial charge < -0.3 is 13.9 Å². The van der Waals surface area contributed by atoms with Crippen LogP contribution < -0.4 is 4.74 Å². The van der Waals surface area contributed by atoms with Crippen LogP contribution in [0.1, 0.15) is 11.6 Å². The third-order valence-electron chi connectivity index (χ3n) is 9.22. The number of rotatable bonds is 2. The maximum atomic E-state index is 10.6. The molecule has 2 unspecified atom stereocenters. The molecule has 0 bridgehead atoms. The summed E-state index contributed by atoms with van der Waals surface area (Å²) in [6.07, 6.45) is 3.96. The van der Waals surface area contributed by atoms with E-state index in [1.807, 2.05) is 54.6 Å². The lowest BCUT2D eigenvalue weighted by Crippen LogP contribution is -2.20. The number of allylic oxidation sites excluding steroid dienone is 4. The van der Waals surface area contributed by atoms with Crippen LogP contribution in [0.2, 0.25) is 0 Å². The molecule has 0 N–H and O–H groups in total. The Balaban J connectivity index is 1.29. The zero-order valence-corrected chi connectivity index (χ0v) is 23.6. The first-order chi connectivity index (χ1) is 21.8. The highest BCUT2D eigenvalue weighted by atomic mass is 16.5. The quantitative estimate of drug-likeness (QED) is 0.210. The Bertz CT molecular complexity index is 2440. The Morgan fingerprint density at radius 3 is 2.02 bits per heavy atom. The van der Waals surface area contributed by atoms with Crippen molar-refractivity contribution in [2.24, 2.45) is 5.92 Å². The van der Waals surface area contributed by atoms with Crippen LogP contribution in [0, 0.1) is 28.6 Å². The Hall–Kier alpha value is -6.04. The van der Waals surface area contributed by atoms with E-state index >= 15 is 0 Å². The first-order valence-electron chi connectivity index (χ1n) is 14.8. The number of ether oxygens (including phenoxy) is 1. The van der Waals surface area contributed by atoms with E-state index in [4.69, 9.17) is 4.74 Å². The summed E-state index contributed by atoms with van der Waals surface area (Å²) in [5.41, 5.74) is 8.68. The second kappa shape index (κ2) is 9.23. The molecule has 5 aromatic carbocycles. The van der Waals surface area contributed by atoms with Crippen LogP contribution in [0.4, 0.5) is 0 Å². The summed E-state index contributed by atoms with van der Waals surface area (Å²) in [6.45, 7) is 0.505. The SMILES string of the molecule is N#CC1=CC(n2c3ccccc3c3ccccc32)C(C#N)C=C1n1c2ccccc2c2c3c(ccc21)-c1ccccc1CO3. The van der Waals surface area contributed by atoms with Crippen molar-refractivity contribution >= 4 is 49.3 Å². The number of nitriles is 2. The summed E-state index contributed by atoms with van der Waals surface area (Å²) in [4.78, 5) is 0. The van der Waals surface area contributed by atoms with Crippen molar-refractivity contribution in [1.29, 1.82) is 10.5 Å². The Morgan fingerprint density at radius 1 is 0.636 bits per heavy atom. The van der Waals surface area contributed by atoms with Crippen LogP contribution in [0.25, 0.3) is 60.4 Å². The highest BCUT2D eigenvalue weighted by molar-refractivity contribution is 6.16. The van der Waals surface area contributed by atoms with Gasteiger partial charge in [0.05, 0.1) is 45.7 Å². The van der Waals surface area contributed by atoms with Crippen molar-refractivity contribution in [2.75, 3.05) is 0 Å². The van der Waals surface area contributed by atoms with Gasteiger partial charge in [-0.15, -0.1) is 0 Å². The molecule has 1 aliphatic carbocycles. The lowest BCUT2D eigenvalue weighted by Gasteiger charge is -2.27. The fraction of sp³-hybridized carbons (Fsp3) is 0.0769. The van der Waals surface area contributed by atoms with Crippen molar-refractivity contribution in [1.82, 2.24) is 9.13 Å². The van der Waals surface area contributed by atoms with Gasteiger partial charge in [-0.05, 0) is 53.6 Å². The van der Waals surface area contributed by atoms with Gasteiger partial charge >= 0.3 is 0 Å². The Labute approximate surface area is 253 Å².